The van der Waals surface area contributed by atoms with E-state index in [1.54, 1.807) is 6.33 Å². The van der Waals surface area contributed by atoms with Gasteiger partial charge in [0.25, 0.3) is 0 Å². The number of hydrogen-bond acceptors (Lipinski definition) is 5. The average Bonchev–Trinajstić information content (AvgIpc) is 2.58. The molecule has 2 aliphatic carbocycles. The Balaban J connectivity index is 1.27. The molecular weight excluding hydrogens is 326 g/mol. The van der Waals surface area contributed by atoms with Crippen LogP contribution in [0.2, 0.25) is 0 Å². The number of carbonyl (C=O) groups excluding carboxylic acids is 1. The van der Waals surface area contributed by atoms with Crippen LogP contribution in [-0.2, 0) is 17.8 Å². The molecule has 0 spiro atoms. The van der Waals surface area contributed by atoms with Gasteiger partial charge in [-0.05, 0) is 32.1 Å². The molecule has 4 aliphatic rings. The number of anilines is 1. The van der Waals surface area contributed by atoms with Gasteiger partial charge in [-0.1, -0.05) is 12.8 Å². The molecule has 3 fully saturated rings. The second-order valence-electron chi connectivity index (χ2n) is 8.37. The van der Waals surface area contributed by atoms with Gasteiger partial charge in [0.15, 0.2) is 0 Å². The van der Waals surface area contributed by atoms with Crippen molar-refractivity contribution < 1.29 is 4.79 Å². The predicted molar refractivity (Wildman–Crippen MR) is 99.9 cm³/mol. The topological polar surface area (TPSA) is 52.6 Å². The third kappa shape index (κ3) is 2.88. The highest BCUT2D eigenvalue weighted by Gasteiger charge is 2.34. The fourth-order valence-electron chi connectivity index (χ4n) is 4.76. The van der Waals surface area contributed by atoms with E-state index in [1.165, 1.54) is 31.2 Å². The summed E-state index contributed by atoms with van der Waals surface area (Å²) in [5.74, 6) is 1.74. The van der Waals surface area contributed by atoms with Crippen molar-refractivity contribution in [1.82, 2.24) is 19.8 Å². The summed E-state index contributed by atoms with van der Waals surface area (Å²) in [5.41, 5.74) is 2.34. The molecule has 0 aromatic carbocycles. The van der Waals surface area contributed by atoms with Gasteiger partial charge < -0.3 is 9.80 Å². The molecule has 1 amide bonds. The molecule has 140 valence electrons. The minimum absolute atomic E-state index is 0.275. The van der Waals surface area contributed by atoms with E-state index in [0.717, 1.165) is 69.5 Å². The van der Waals surface area contributed by atoms with Crippen LogP contribution in [0.3, 0.4) is 0 Å². The van der Waals surface area contributed by atoms with Gasteiger partial charge in [0.05, 0.1) is 12.2 Å². The van der Waals surface area contributed by atoms with Gasteiger partial charge in [-0.25, -0.2) is 9.97 Å². The van der Waals surface area contributed by atoms with Crippen LogP contribution in [0.1, 0.15) is 49.8 Å². The summed E-state index contributed by atoms with van der Waals surface area (Å²) in [6.07, 6.45) is 10.1. The molecule has 1 aromatic heterocycles. The first-order chi connectivity index (χ1) is 12.8. The van der Waals surface area contributed by atoms with Crippen LogP contribution < -0.4 is 4.90 Å². The van der Waals surface area contributed by atoms with Gasteiger partial charge in [-0.3, -0.25) is 9.69 Å². The van der Waals surface area contributed by atoms with E-state index in [2.05, 4.69) is 19.8 Å². The number of fused-ring (bicyclic) bond motifs is 1. The highest BCUT2D eigenvalue weighted by molar-refractivity contribution is 5.80. The first-order valence-electron chi connectivity index (χ1n) is 10.4. The largest absolute Gasteiger partial charge is 0.354 e. The predicted octanol–water partition coefficient (Wildman–Crippen LogP) is 1.84. The SMILES string of the molecule is O=C(C1CCC1)N1CCc2c(ncnc2N2CCN(C3CCC3)CC2)C1. The first-order valence-corrected chi connectivity index (χ1v) is 10.4. The molecule has 1 aromatic rings. The summed E-state index contributed by atoms with van der Waals surface area (Å²) in [5, 5.41) is 0. The Morgan fingerprint density at radius 2 is 1.73 bits per heavy atom. The van der Waals surface area contributed by atoms with Crippen LogP contribution in [-0.4, -0.2) is 64.4 Å². The Bertz CT molecular complexity index is 677. The lowest BCUT2D eigenvalue weighted by Crippen LogP contribution is -2.52. The van der Waals surface area contributed by atoms with Gasteiger partial charge in [0.1, 0.15) is 12.1 Å². The summed E-state index contributed by atoms with van der Waals surface area (Å²) < 4.78 is 0. The van der Waals surface area contributed by atoms with Crippen LogP contribution in [0.4, 0.5) is 5.82 Å². The molecule has 3 heterocycles. The fraction of sp³-hybridized carbons (Fsp3) is 0.750. The van der Waals surface area contributed by atoms with Crippen LogP contribution in [0.5, 0.6) is 0 Å². The summed E-state index contributed by atoms with van der Waals surface area (Å²) in [4.78, 5) is 28.9. The number of hydrogen-bond donors (Lipinski definition) is 0. The van der Waals surface area contributed by atoms with E-state index in [4.69, 9.17) is 0 Å². The van der Waals surface area contributed by atoms with E-state index in [0.29, 0.717) is 12.5 Å². The number of piperazine rings is 1. The molecule has 1 saturated heterocycles. The van der Waals surface area contributed by atoms with Gasteiger partial charge >= 0.3 is 0 Å². The number of nitrogens with zero attached hydrogens (tertiary/aromatic N) is 5. The molecule has 6 nitrogen and oxygen atoms in total. The van der Waals surface area contributed by atoms with Gasteiger partial charge in [-0.2, -0.15) is 0 Å². The summed E-state index contributed by atoms with van der Waals surface area (Å²) in [6.45, 7) is 5.91. The zero-order valence-corrected chi connectivity index (χ0v) is 15.6. The van der Waals surface area contributed by atoms with E-state index in [-0.39, 0.29) is 5.92 Å². The van der Waals surface area contributed by atoms with Crippen LogP contribution in [0.15, 0.2) is 6.33 Å². The van der Waals surface area contributed by atoms with E-state index in [9.17, 15) is 4.79 Å². The Hall–Kier alpha value is -1.69. The van der Waals surface area contributed by atoms with Crippen LogP contribution in [0.25, 0.3) is 0 Å². The molecular formula is C20H29N5O. The molecule has 0 N–H and O–H groups in total. The smallest absolute Gasteiger partial charge is 0.226 e. The lowest BCUT2D eigenvalue weighted by atomic mass is 9.84. The van der Waals surface area contributed by atoms with Crippen molar-refractivity contribution in [3.05, 3.63) is 17.6 Å². The monoisotopic (exact) mass is 355 g/mol. The summed E-state index contributed by atoms with van der Waals surface area (Å²) in [6, 6.07) is 0.836. The minimum atomic E-state index is 0.275. The molecule has 2 saturated carbocycles. The van der Waals surface area contributed by atoms with Crippen molar-refractivity contribution in [3.8, 4) is 0 Å². The van der Waals surface area contributed by atoms with Crippen molar-refractivity contribution in [2.24, 2.45) is 5.92 Å². The second-order valence-corrected chi connectivity index (χ2v) is 8.37. The number of amides is 1. The quantitative estimate of drug-likeness (QED) is 0.828. The Morgan fingerprint density at radius 3 is 2.38 bits per heavy atom. The van der Waals surface area contributed by atoms with Crippen LogP contribution in [0, 0.1) is 5.92 Å². The van der Waals surface area contributed by atoms with Crippen molar-refractivity contribution in [2.45, 2.75) is 57.5 Å². The Morgan fingerprint density at radius 1 is 0.962 bits per heavy atom. The Kier molecular flexibility index (Phi) is 4.31. The highest BCUT2D eigenvalue weighted by atomic mass is 16.2. The molecule has 0 unspecified atom stereocenters. The zero-order chi connectivity index (χ0) is 17.5. The lowest BCUT2D eigenvalue weighted by molar-refractivity contribution is -0.139. The third-order valence-corrected chi connectivity index (χ3v) is 6.96. The molecule has 0 bridgehead atoms. The highest BCUT2D eigenvalue weighted by Crippen LogP contribution is 2.32. The minimum Gasteiger partial charge on any atom is -0.354 e. The summed E-state index contributed by atoms with van der Waals surface area (Å²) in [7, 11) is 0. The van der Waals surface area contributed by atoms with Gasteiger partial charge in [0.2, 0.25) is 5.91 Å². The van der Waals surface area contributed by atoms with Gasteiger partial charge in [-0.15, -0.1) is 0 Å². The number of rotatable bonds is 3. The lowest BCUT2D eigenvalue weighted by Gasteiger charge is -2.44. The van der Waals surface area contributed by atoms with Gasteiger partial charge in [0, 0.05) is 50.2 Å². The third-order valence-electron chi connectivity index (χ3n) is 6.96. The molecule has 2 aliphatic heterocycles. The number of aromatic nitrogens is 2. The van der Waals surface area contributed by atoms with Crippen LogP contribution >= 0.6 is 0 Å². The second kappa shape index (κ2) is 6.80. The van der Waals surface area contributed by atoms with Crippen molar-refractivity contribution in [2.75, 3.05) is 37.6 Å². The molecule has 6 heteroatoms. The maximum Gasteiger partial charge on any atom is 0.226 e. The van der Waals surface area contributed by atoms with Crippen molar-refractivity contribution in [1.29, 1.82) is 0 Å². The molecule has 26 heavy (non-hydrogen) atoms. The van der Waals surface area contributed by atoms with E-state index in [1.807, 2.05) is 4.90 Å². The van der Waals surface area contributed by atoms with E-state index >= 15 is 0 Å². The Labute approximate surface area is 155 Å². The zero-order valence-electron chi connectivity index (χ0n) is 15.6. The van der Waals surface area contributed by atoms with E-state index < -0.39 is 0 Å². The standard InChI is InChI=1S/C20H29N5O/c26-20(15-3-1-4-15)25-8-7-17-18(13-25)21-14-22-19(17)24-11-9-23(10-12-24)16-5-2-6-16/h14-16H,1-13H2. The van der Waals surface area contributed by atoms with Crippen molar-refractivity contribution >= 4 is 11.7 Å². The number of carbonyl (C=O) groups is 1. The maximum atomic E-state index is 12.6. The fourth-order valence-corrected chi connectivity index (χ4v) is 4.76. The maximum absolute atomic E-state index is 12.6. The summed E-state index contributed by atoms with van der Waals surface area (Å²) >= 11 is 0. The first kappa shape index (κ1) is 16.5. The molecule has 0 atom stereocenters. The molecule has 5 rings (SSSR count). The van der Waals surface area contributed by atoms with Crippen molar-refractivity contribution in [3.63, 3.8) is 0 Å². The molecule has 0 radical (unpaired) electrons. The average molecular weight is 355 g/mol. The normalized spacial score (nSPS) is 24.8.